The van der Waals surface area contributed by atoms with Gasteiger partial charge in [-0.1, -0.05) is 49.6 Å². The van der Waals surface area contributed by atoms with Crippen molar-refractivity contribution in [2.45, 2.75) is 57.0 Å². The number of benzene rings is 2. The van der Waals surface area contributed by atoms with Gasteiger partial charge in [0.2, 0.25) is 0 Å². The standard InChI is InChI=1S/C24H26N2O2/c25-18-12-16-8-4-5-9-19(16)23-22(15-6-2-1-3-7-15)20-11-10-17(24(27)28)13-21(20)26(23)14-18/h4-5,8-11,13,15,18H,1-3,6-7,12,14,25H2,(H,27,28). The SMILES string of the molecule is NC1Cc2ccccc2-c2c(C3CCCCC3)c3ccc(C(=O)O)cc3n2C1. The minimum atomic E-state index is -0.880. The summed E-state index contributed by atoms with van der Waals surface area (Å²) in [6, 6.07) is 14.2. The van der Waals surface area contributed by atoms with Gasteiger partial charge in [-0.15, -0.1) is 0 Å². The van der Waals surface area contributed by atoms with Crippen LogP contribution in [0.25, 0.3) is 22.2 Å². The molecule has 144 valence electrons. The third-order valence-corrected chi connectivity index (χ3v) is 6.54. The Kier molecular flexibility index (Phi) is 4.24. The number of fused-ring (bicyclic) bond motifs is 5. The summed E-state index contributed by atoms with van der Waals surface area (Å²) in [4.78, 5) is 11.6. The molecule has 3 aromatic rings. The molecule has 0 spiro atoms. The van der Waals surface area contributed by atoms with Crippen molar-refractivity contribution in [3.05, 3.63) is 59.2 Å². The zero-order valence-corrected chi connectivity index (χ0v) is 16.0. The molecule has 0 amide bonds. The van der Waals surface area contributed by atoms with E-state index in [0.29, 0.717) is 11.5 Å². The number of nitrogens with zero attached hydrogens (tertiary/aromatic N) is 1. The summed E-state index contributed by atoms with van der Waals surface area (Å²) in [5.74, 6) is -0.347. The van der Waals surface area contributed by atoms with E-state index in [-0.39, 0.29) is 6.04 Å². The number of carboxylic acid groups (broad SMARTS) is 1. The molecule has 1 aliphatic carbocycles. The van der Waals surface area contributed by atoms with Crippen LogP contribution >= 0.6 is 0 Å². The van der Waals surface area contributed by atoms with Gasteiger partial charge in [-0.3, -0.25) is 0 Å². The summed E-state index contributed by atoms with van der Waals surface area (Å²) < 4.78 is 2.31. The predicted octanol–water partition coefficient (Wildman–Crippen LogP) is 4.94. The lowest BCUT2D eigenvalue weighted by Crippen LogP contribution is -2.27. The monoisotopic (exact) mass is 374 g/mol. The lowest BCUT2D eigenvalue weighted by Gasteiger charge is -2.24. The Morgan fingerprint density at radius 3 is 2.64 bits per heavy atom. The summed E-state index contributed by atoms with van der Waals surface area (Å²) >= 11 is 0. The lowest BCUT2D eigenvalue weighted by molar-refractivity contribution is 0.0697. The van der Waals surface area contributed by atoms with E-state index in [1.807, 2.05) is 12.1 Å². The molecule has 5 rings (SSSR count). The highest BCUT2D eigenvalue weighted by Crippen LogP contribution is 2.46. The summed E-state index contributed by atoms with van der Waals surface area (Å²) in [6.07, 6.45) is 7.12. The average Bonchev–Trinajstić information content (AvgIpc) is 2.93. The van der Waals surface area contributed by atoms with Crippen LogP contribution in [0, 0.1) is 0 Å². The van der Waals surface area contributed by atoms with Gasteiger partial charge >= 0.3 is 5.97 Å². The van der Waals surface area contributed by atoms with E-state index in [9.17, 15) is 9.90 Å². The molecular formula is C24H26N2O2. The Balaban J connectivity index is 1.85. The second-order valence-corrected chi connectivity index (χ2v) is 8.37. The van der Waals surface area contributed by atoms with Gasteiger partial charge < -0.3 is 15.4 Å². The quantitative estimate of drug-likeness (QED) is 0.668. The van der Waals surface area contributed by atoms with Crippen LogP contribution in [0.2, 0.25) is 0 Å². The van der Waals surface area contributed by atoms with Crippen LogP contribution in [0.5, 0.6) is 0 Å². The fourth-order valence-electron chi connectivity index (χ4n) is 5.30. The van der Waals surface area contributed by atoms with Crippen LogP contribution in [0.4, 0.5) is 0 Å². The summed E-state index contributed by atoms with van der Waals surface area (Å²) in [5.41, 5.74) is 13.1. The normalized spacial score (nSPS) is 19.8. The van der Waals surface area contributed by atoms with Gasteiger partial charge in [0.1, 0.15) is 0 Å². The number of rotatable bonds is 2. The molecule has 2 aromatic carbocycles. The van der Waals surface area contributed by atoms with Gasteiger partial charge in [0, 0.05) is 29.1 Å². The van der Waals surface area contributed by atoms with Gasteiger partial charge in [0.05, 0.1) is 11.3 Å². The van der Waals surface area contributed by atoms with Crippen molar-refractivity contribution in [1.29, 1.82) is 0 Å². The van der Waals surface area contributed by atoms with Crippen molar-refractivity contribution >= 4 is 16.9 Å². The van der Waals surface area contributed by atoms with E-state index in [1.165, 1.54) is 59.9 Å². The molecule has 3 N–H and O–H groups in total. The van der Waals surface area contributed by atoms with Crippen molar-refractivity contribution in [3.63, 3.8) is 0 Å². The fraction of sp³-hybridized carbons (Fsp3) is 0.375. The Bertz CT molecular complexity index is 1060. The molecular weight excluding hydrogens is 348 g/mol. The van der Waals surface area contributed by atoms with E-state index in [2.05, 4.69) is 28.8 Å². The van der Waals surface area contributed by atoms with E-state index < -0.39 is 5.97 Å². The van der Waals surface area contributed by atoms with Crippen molar-refractivity contribution in [2.24, 2.45) is 5.73 Å². The Labute approximate surface area is 165 Å². The Hall–Kier alpha value is -2.59. The van der Waals surface area contributed by atoms with Crippen LogP contribution in [0.3, 0.4) is 0 Å². The van der Waals surface area contributed by atoms with Gasteiger partial charge in [0.25, 0.3) is 0 Å². The Morgan fingerprint density at radius 2 is 1.86 bits per heavy atom. The molecule has 0 saturated heterocycles. The largest absolute Gasteiger partial charge is 0.478 e. The van der Waals surface area contributed by atoms with Crippen molar-refractivity contribution < 1.29 is 9.90 Å². The minimum Gasteiger partial charge on any atom is -0.478 e. The first-order valence-electron chi connectivity index (χ1n) is 10.4. The molecule has 28 heavy (non-hydrogen) atoms. The number of hydrogen-bond acceptors (Lipinski definition) is 2. The number of aromatic carboxylic acids is 1. The maximum Gasteiger partial charge on any atom is 0.335 e. The highest BCUT2D eigenvalue weighted by Gasteiger charge is 2.30. The summed E-state index contributed by atoms with van der Waals surface area (Å²) in [6.45, 7) is 0.719. The average molecular weight is 374 g/mol. The smallest absolute Gasteiger partial charge is 0.335 e. The van der Waals surface area contributed by atoms with Gasteiger partial charge in [-0.25, -0.2) is 4.79 Å². The fourth-order valence-corrected chi connectivity index (χ4v) is 5.30. The molecule has 1 fully saturated rings. The minimum absolute atomic E-state index is 0.0192. The Morgan fingerprint density at radius 1 is 1.07 bits per heavy atom. The molecule has 2 aliphatic rings. The third kappa shape index (κ3) is 2.75. The number of carboxylic acids is 1. The molecule has 1 aromatic heterocycles. The molecule has 0 bridgehead atoms. The van der Waals surface area contributed by atoms with Crippen LogP contribution in [0.1, 0.15) is 59.5 Å². The molecule has 4 heteroatoms. The van der Waals surface area contributed by atoms with Gasteiger partial charge in [0.15, 0.2) is 0 Å². The van der Waals surface area contributed by atoms with Gasteiger partial charge in [-0.2, -0.15) is 0 Å². The van der Waals surface area contributed by atoms with Gasteiger partial charge in [-0.05, 0) is 48.4 Å². The maximum atomic E-state index is 11.6. The predicted molar refractivity (Wildman–Crippen MR) is 112 cm³/mol. The first-order chi connectivity index (χ1) is 13.6. The van der Waals surface area contributed by atoms with Crippen LogP contribution in [-0.2, 0) is 13.0 Å². The van der Waals surface area contributed by atoms with Crippen molar-refractivity contribution in [2.75, 3.05) is 0 Å². The third-order valence-electron chi connectivity index (χ3n) is 6.54. The topological polar surface area (TPSA) is 68.2 Å². The van der Waals surface area contributed by atoms with E-state index in [0.717, 1.165) is 18.5 Å². The van der Waals surface area contributed by atoms with E-state index in [1.54, 1.807) is 6.07 Å². The van der Waals surface area contributed by atoms with E-state index >= 15 is 0 Å². The van der Waals surface area contributed by atoms with Crippen molar-refractivity contribution in [3.8, 4) is 11.3 Å². The molecule has 1 unspecified atom stereocenters. The summed E-state index contributed by atoms with van der Waals surface area (Å²) in [7, 11) is 0. The second-order valence-electron chi connectivity index (χ2n) is 8.37. The number of carbonyl (C=O) groups is 1. The molecule has 1 atom stereocenters. The summed E-state index contributed by atoms with van der Waals surface area (Å²) in [5, 5.41) is 10.7. The maximum absolute atomic E-state index is 11.6. The van der Waals surface area contributed by atoms with Crippen LogP contribution < -0.4 is 5.73 Å². The second kappa shape index (κ2) is 6.78. The van der Waals surface area contributed by atoms with Crippen molar-refractivity contribution in [1.82, 2.24) is 4.57 Å². The highest BCUT2D eigenvalue weighted by atomic mass is 16.4. The molecule has 1 saturated carbocycles. The van der Waals surface area contributed by atoms with Crippen LogP contribution in [0.15, 0.2) is 42.5 Å². The highest BCUT2D eigenvalue weighted by molar-refractivity contribution is 5.98. The zero-order chi connectivity index (χ0) is 19.3. The van der Waals surface area contributed by atoms with Crippen LogP contribution in [-0.4, -0.2) is 21.7 Å². The zero-order valence-electron chi connectivity index (χ0n) is 16.0. The number of hydrogen-bond donors (Lipinski definition) is 2. The first kappa shape index (κ1) is 17.5. The molecule has 2 heterocycles. The molecule has 0 radical (unpaired) electrons. The molecule has 1 aliphatic heterocycles. The number of nitrogens with two attached hydrogens (primary N) is 1. The molecule has 4 nitrogen and oxygen atoms in total. The number of aromatic nitrogens is 1. The first-order valence-corrected chi connectivity index (χ1v) is 10.4. The lowest BCUT2D eigenvalue weighted by atomic mass is 9.81. The van der Waals surface area contributed by atoms with E-state index in [4.69, 9.17) is 5.73 Å².